The van der Waals surface area contributed by atoms with Gasteiger partial charge in [-0.25, -0.2) is 18.7 Å². The molecule has 7 atom stereocenters. The van der Waals surface area contributed by atoms with Crippen LogP contribution in [0.25, 0.3) is 21.8 Å². The Bertz CT molecular complexity index is 3590. The molecule has 0 radical (unpaired) electrons. The number of nitrogens with one attached hydrogen (secondary N) is 5. The Labute approximate surface area is 552 Å². The van der Waals surface area contributed by atoms with Gasteiger partial charge in [0.25, 0.3) is 0 Å². The van der Waals surface area contributed by atoms with Gasteiger partial charge in [-0.2, -0.15) is 0 Å². The number of piperidine rings is 1. The zero-order chi connectivity index (χ0) is 68.4. The highest BCUT2D eigenvalue weighted by molar-refractivity contribution is 5.98. The molecular formula is C72H99N11O11. The summed E-state index contributed by atoms with van der Waals surface area (Å²) >= 11 is 0. The van der Waals surface area contributed by atoms with Gasteiger partial charge in [-0.05, 0) is 129 Å². The lowest BCUT2D eigenvalue weighted by molar-refractivity contribution is -0.136. The number of para-hydroxylation sites is 2. The molecule has 22 heteroatoms. The van der Waals surface area contributed by atoms with Crippen molar-refractivity contribution in [3.8, 4) is 0 Å². The highest BCUT2D eigenvalue weighted by Gasteiger charge is 2.36. The van der Waals surface area contributed by atoms with E-state index in [1.54, 1.807) is 120 Å². The molecule has 5 N–H and O–H groups in total. The summed E-state index contributed by atoms with van der Waals surface area (Å²) in [6, 6.07) is 20.4. The largest absolute Gasteiger partial charge is 0.443 e. The Hall–Kier alpha value is -8.69. The third kappa shape index (κ3) is 20.9. The maximum Gasteiger partial charge on any atom is 0.419 e. The van der Waals surface area contributed by atoms with Gasteiger partial charge in [0.15, 0.2) is 5.78 Å². The third-order valence-corrected chi connectivity index (χ3v) is 17.0. The van der Waals surface area contributed by atoms with Crippen LogP contribution in [0.1, 0.15) is 170 Å². The Morgan fingerprint density at radius 3 is 1.50 bits per heavy atom. The smallest absolute Gasteiger partial charge is 0.419 e. The van der Waals surface area contributed by atoms with Gasteiger partial charge in [0.05, 0.1) is 22.8 Å². The van der Waals surface area contributed by atoms with Crippen LogP contribution in [0.4, 0.5) is 9.59 Å². The van der Waals surface area contributed by atoms with Crippen molar-refractivity contribution in [3.63, 3.8) is 0 Å². The van der Waals surface area contributed by atoms with E-state index in [-0.39, 0.29) is 55.8 Å². The van der Waals surface area contributed by atoms with Gasteiger partial charge in [0.2, 0.25) is 35.4 Å². The van der Waals surface area contributed by atoms with Crippen molar-refractivity contribution in [3.05, 3.63) is 120 Å². The topological polar surface area (TPSA) is 276 Å². The number of fused-ring (bicyclic) bond motifs is 2. The van der Waals surface area contributed by atoms with Crippen LogP contribution >= 0.6 is 0 Å². The molecule has 7 unspecified atom stereocenters. The van der Waals surface area contributed by atoms with Crippen molar-refractivity contribution in [2.75, 3.05) is 13.1 Å². The molecule has 6 aromatic rings. The van der Waals surface area contributed by atoms with Gasteiger partial charge >= 0.3 is 12.2 Å². The van der Waals surface area contributed by atoms with E-state index in [2.05, 4.69) is 36.9 Å². The number of carbonyl (C=O) groups is 9. The fourth-order valence-corrected chi connectivity index (χ4v) is 11.6. The third-order valence-electron chi connectivity index (χ3n) is 17.0. The van der Waals surface area contributed by atoms with Crippen LogP contribution in [-0.2, 0) is 75.3 Å². The molecule has 508 valence electrons. The van der Waals surface area contributed by atoms with E-state index in [1.807, 2.05) is 62.9 Å². The van der Waals surface area contributed by atoms with Crippen LogP contribution in [0.15, 0.2) is 97.2 Å². The average molecular weight is 1290 g/mol. The monoisotopic (exact) mass is 1290 g/mol. The number of rotatable bonds is 30. The Morgan fingerprint density at radius 1 is 0.532 bits per heavy atom. The molecule has 0 bridgehead atoms. The molecule has 4 heterocycles. The lowest BCUT2D eigenvalue weighted by Gasteiger charge is -2.29. The van der Waals surface area contributed by atoms with Crippen molar-refractivity contribution < 1.29 is 52.6 Å². The first kappa shape index (κ1) is 72.7. The second-order valence-corrected chi connectivity index (χ2v) is 27.5. The zero-order valence-electron chi connectivity index (χ0n) is 57.1. The minimum atomic E-state index is -1.48. The maximum atomic E-state index is 15.5. The molecule has 1 fully saturated rings. The first-order chi connectivity index (χ1) is 44.6. The van der Waals surface area contributed by atoms with Gasteiger partial charge < -0.3 is 41.0 Å². The number of benzene rings is 3. The van der Waals surface area contributed by atoms with Crippen molar-refractivity contribution in [2.24, 2.45) is 17.8 Å². The predicted octanol–water partition coefficient (Wildman–Crippen LogP) is 9.73. The van der Waals surface area contributed by atoms with Crippen LogP contribution in [-0.4, -0.2) is 137 Å². The number of aryl methyl sites for hydroxylation is 1. The number of hydrogen-bond donors (Lipinski definition) is 5. The van der Waals surface area contributed by atoms with Crippen molar-refractivity contribution >= 4 is 75.2 Å². The van der Waals surface area contributed by atoms with Crippen LogP contribution in [0, 0.1) is 17.8 Å². The zero-order valence-corrected chi connectivity index (χ0v) is 57.1. The van der Waals surface area contributed by atoms with Crippen LogP contribution in [0.5, 0.6) is 0 Å². The minimum Gasteiger partial charge on any atom is -0.443 e. The molecule has 3 aromatic heterocycles. The molecule has 0 spiro atoms. The molecule has 7 rings (SSSR count). The standard InChI is InChI=1S/C72H99N11O11/c1-13-14-17-32-56(73-63(85)48(5)46(2)3)64(86)77-60(44-55-42-52-31-21-23-35-62(52)83(55)70(92)94-72(10,11)12)67(89)74-57(33-24-27-38-81-45-53(78-79-81)39-47(4)68(90)80-36-25-16-26-37-80)65(87)76-59(40-50-28-18-15-19-29-50)66(88)75-58(49(6)84)43-54-41-51-30-20-22-34-61(51)82(54)69(91)93-71(7,8)9/h15,18-23,28-31,34-35,41-42,45-48,56-60H,13-14,16-17,24-27,32-33,36-40,43-44H2,1-12H3,(H,73,85)(H,74,89)(H,75,88)(H,76,87)(H,77,86). The molecule has 3 aromatic carbocycles. The molecule has 6 amide bonds. The second-order valence-electron chi connectivity index (χ2n) is 27.5. The van der Waals surface area contributed by atoms with Crippen LogP contribution in [0.3, 0.4) is 0 Å². The predicted molar refractivity (Wildman–Crippen MR) is 360 cm³/mol. The van der Waals surface area contributed by atoms with Gasteiger partial charge in [0.1, 0.15) is 35.4 Å². The average Bonchev–Trinajstić information content (AvgIpc) is 1.64. The Morgan fingerprint density at radius 2 is 0.989 bits per heavy atom. The molecule has 1 aliphatic heterocycles. The number of unbranched alkanes of at least 4 members (excludes halogenated alkanes) is 3. The Kier molecular flexibility index (Phi) is 25.9. The number of nitrogens with zero attached hydrogens (tertiary/aromatic N) is 6. The fraction of sp³-hybridized carbons (Fsp3) is 0.542. The number of ether oxygens (including phenoxy) is 2. The summed E-state index contributed by atoms with van der Waals surface area (Å²) in [7, 11) is 0. The summed E-state index contributed by atoms with van der Waals surface area (Å²) in [5, 5.41) is 24.8. The summed E-state index contributed by atoms with van der Waals surface area (Å²) in [4.78, 5) is 132. The summed E-state index contributed by atoms with van der Waals surface area (Å²) in [5.41, 5.74) is 1.28. The van der Waals surface area contributed by atoms with E-state index in [0.29, 0.717) is 76.7 Å². The van der Waals surface area contributed by atoms with E-state index < -0.39 is 88.9 Å². The first-order valence-corrected chi connectivity index (χ1v) is 33.5. The summed E-state index contributed by atoms with van der Waals surface area (Å²) in [6.07, 6.45) is 6.65. The van der Waals surface area contributed by atoms with Crippen molar-refractivity contribution in [2.45, 2.75) is 221 Å². The fourth-order valence-electron chi connectivity index (χ4n) is 11.6. The molecule has 0 aliphatic carbocycles. The number of aromatic nitrogens is 5. The highest BCUT2D eigenvalue weighted by atomic mass is 16.6. The number of hydrogen-bond acceptors (Lipinski definition) is 13. The number of Topliss-reactive ketones (excluding diaryl/α,β-unsaturated/α-hetero) is 1. The molecule has 0 saturated carbocycles. The minimum absolute atomic E-state index is 0.00703. The molecular weight excluding hydrogens is 1190 g/mol. The van der Waals surface area contributed by atoms with Crippen molar-refractivity contribution in [1.82, 2.24) is 55.6 Å². The SMILES string of the molecule is CCCCCC(NC(=O)C(C)C(C)C)C(=O)NC(Cc1cc2ccccc2n1C(=O)OC(C)(C)C)C(=O)NC(CCCCn1cc(CC(C)C(=O)N2CCCCC2)nn1)C(=O)NC(Cc1ccccc1)C(=O)NC(Cc1cc2ccccc2n1C(=O)OC(C)(C)C)C(C)=O. The van der Waals surface area contributed by atoms with E-state index >= 15 is 9.59 Å². The summed E-state index contributed by atoms with van der Waals surface area (Å²) < 4.78 is 16.2. The number of carbonyl (C=O) groups excluding carboxylic acids is 9. The van der Waals surface area contributed by atoms with Gasteiger partial charge in [-0.1, -0.05) is 126 Å². The van der Waals surface area contributed by atoms with Crippen molar-refractivity contribution in [1.29, 1.82) is 0 Å². The maximum absolute atomic E-state index is 15.5. The number of amides is 6. The first-order valence-electron chi connectivity index (χ1n) is 33.5. The van der Waals surface area contributed by atoms with Crippen LogP contribution < -0.4 is 26.6 Å². The second kappa shape index (κ2) is 33.4. The number of ketones is 1. The molecule has 22 nitrogen and oxygen atoms in total. The lowest BCUT2D eigenvalue weighted by Crippen LogP contribution is -2.59. The van der Waals surface area contributed by atoms with Crippen LogP contribution in [0.2, 0.25) is 0 Å². The van der Waals surface area contributed by atoms with Gasteiger partial charge in [-0.3, -0.25) is 38.2 Å². The number of likely N-dealkylation sites (tertiary alicyclic amines) is 1. The molecule has 1 aliphatic rings. The molecule has 1 saturated heterocycles. The van der Waals surface area contributed by atoms with E-state index in [4.69, 9.17) is 9.47 Å². The van der Waals surface area contributed by atoms with E-state index in [0.717, 1.165) is 45.2 Å². The Balaban J connectivity index is 1.23. The molecule has 94 heavy (non-hydrogen) atoms. The quantitative estimate of drug-likeness (QED) is 0.0263. The normalized spacial score (nSPS) is 15.1. The lowest BCUT2D eigenvalue weighted by atomic mass is 9.96. The van der Waals surface area contributed by atoms with E-state index in [9.17, 15) is 33.6 Å². The van der Waals surface area contributed by atoms with Gasteiger partial charge in [0, 0.05) is 85.5 Å². The summed E-state index contributed by atoms with van der Waals surface area (Å²) in [6.45, 7) is 23.2. The highest BCUT2D eigenvalue weighted by Crippen LogP contribution is 2.26. The van der Waals surface area contributed by atoms with Gasteiger partial charge in [-0.15, -0.1) is 5.10 Å². The van der Waals surface area contributed by atoms with E-state index in [1.165, 1.54) is 16.1 Å². The summed E-state index contributed by atoms with van der Waals surface area (Å²) in [5.74, 6) is -4.39.